The molecule has 0 saturated carbocycles. The van der Waals surface area contributed by atoms with Gasteiger partial charge in [0.2, 0.25) is 0 Å². The van der Waals surface area contributed by atoms with Gasteiger partial charge < -0.3 is 9.52 Å². The van der Waals surface area contributed by atoms with Gasteiger partial charge in [-0.05, 0) is 47.0 Å². The Labute approximate surface area is 196 Å². The first-order valence-corrected chi connectivity index (χ1v) is 11.9. The standard InChI is InChI=1S/C24H19NO4S.C3H8/c26-24(27)16-25-30(28)22-13-10-19(11-14-22)18-8-5-17(6-9-18)7-12-21-15-20-3-1-2-4-23(20)29-21;1-3-2/h1-15,25H,16H2,(H,26,27);3H2,1-2H3/b12-7+;. The van der Waals surface area contributed by atoms with Gasteiger partial charge in [-0.2, -0.15) is 0 Å². The summed E-state index contributed by atoms with van der Waals surface area (Å²) in [5, 5.41) is 9.73. The highest BCUT2D eigenvalue weighted by atomic mass is 32.2. The molecule has 2 N–H and O–H groups in total. The number of nitrogens with one attached hydrogen (secondary N) is 1. The Kier molecular flexibility index (Phi) is 8.75. The summed E-state index contributed by atoms with van der Waals surface area (Å²) in [6.45, 7) is 3.90. The molecule has 0 bridgehead atoms. The van der Waals surface area contributed by atoms with Crippen LogP contribution in [0.4, 0.5) is 0 Å². The van der Waals surface area contributed by atoms with Crippen molar-refractivity contribution in [2.45, 2.75) is 25.2 Å². The summed E-state index contributed by atoms with van der Waals surface area (Å²) in [6, 6.07) is 25.2. The summed E-state index contributed by atoms with van der Waals surface area (Å²) in [5.41, 5.74) is 3.94. The van der Waals surface area contributed by atoms with Crippen LogP contribution in [0.5, 0.6) is 0 Å². The molecule has 1 heterocycles. The monoisotopic (exact) mass is 461 g/mol. The van der Waals surface area contributed by atoms with Gasteiger partial charge >= 0.3 is 5.97 Å². The van der Waals surface area contributed by atoms with Gasteiger partial charge in [0.1, 0.15) is 28.9 Å². The van der Waals surface area contributed by atoms with Crippen LogP contribution < -0.4 is 4.72 Å². The first kappa shape index (κ1) is 24.2. The molecule has 0 aliphatic carbocycles. The molecule has 1 aromatic heterocycles. The number of carboxylic acids is 1. The quantitative estimate of drug-likeness (QED) is 0.334. The predicted octanol–water partition coefficient (Wildman–Crippen LogP) is 6.38. The third-order valence-corrected chi connectivity index (χ3v) is 5.66. The van der Waals surface area contributed by atoms with Crippen molar-refractivity contribution in [2.75, 3.05) is 6.54 Å². The summed E-state index contributed by atoms with van der Waals surface area (Å²) in [6.07, 6.45) is 5.20. The van der Waals surface area contributed by atoms with Gasteiger partial charge in [0, 0.05) is 5.39 Å². The van der Waals surface area contributed by atoms with Gasteiger partial charge in [-0.1, -0.05) is 80.9 Å². The van der Waals surface area contributed by atoms with E-state index < -0.39 is 17.0 Å². The summed E-state index contributed by atoms with van der Waals surface area (Å²) in [7, 11) is -1.55. The molecule has 0 fully saturated rings. The first-order chi connectivity index (χ1) is 16.0. The van der Waals surface area contributed by atoms with Crippen LogP contribution in [0.1, 0.15) is 31.6 Å². The number of benzene rings is 3. The number of rotatable bonds is 7. The molecule has 0 aliphatic rings. The second-order valence-electron chi connectivity index (χ2n) is 7.36. The first-order valence-electron chi connectivity index (χ1n) is 10.7. The Balaban J connectivity index is 0.000000968. The smallest absolute Gasteiger partial charge is 0.318 e. The molecule has 0 saturated heterocycles. The summed E-state index contributed by atoms with van der Waals surface area (Å²) in [5.74, 6) is -0.241. The fourth-order valence-corrected chi connectivity index (χ4v) is 3.84. The molecule has 4 aromatic rings. The number of carbonyl (C=O) groups is 1. The van der Waals surface area contributed by atoms with Crippen molar-refractivity contribution < 1.29 is 18.5 Å². The zero-order valence-corrected chi connectivity index (χ0v) is 19.5. The van der Waals surface area contributed by atoms with Gasteiger partial charge in [0.05, 0.1) is 4.90 Å². The number of para-hydroxylation sites is 1. The minimum atomic E-state index is -1.55. The maximum atomic E-state index is 12.0. The van der Waals surface area contributed by atoms with Gasteiger partial charge in [0.15, 0.2) is 0 Å². The van der Waals surface area contributed by atoms with Crippen LogP contribution in [0.3, 0.4) is 0 Å². The van der Waals surface area contributed by atoms with Crippen LogP contribution in [-0.2, 0) is 15.8 Å². The molecule has 0 amide bonds. The molecule has 5 nitrogen and oxygen atoms in total. The lowest BCUT2D eigenvalue weighted by molar-refractivity contribution is -0.135. The number of aliphatic carboxylic acids is 1. The van der Waals surface area contributed by atoms with Crippen molar-refractivity contribution in [3.8, 4) is 11.1 Å². The average Bonchev–Trinajstić information content (AvgIpc) is 3.25. The van der Waals surface area contributed by atoms with Gasteiger partial charge in [-0.15, -0.1) is 0 Å². The highest BCUT2D eigenvalue weighted by Gasteiger charge is 2.06. The van der Waals surface area contributed by atoms with Crippen molar-refractivity contribution in [1.29, 1.82) is 0 Å². The van der Waals surface area contributed by atoms with Gasteiger partial charge in [-0.3, -0.25) is 4.79 Å². The predicted molar refractivity (Wildman–Crippen MR) is 135 cm³/mol. The zero-order valence-electron chi connectivity index (χ0n) is 18.7. The maximum absolute atomic E-state index is 12.0. The van der Waals surface area contributed by atoms with E-state index in [1.165, 1.54) is 6.42 Å². The van der Waals surface area contributed by atoms with Crippen LogP contribution in [0, 0.1) is 0 Å². The van der Waals surface area contributed by atoms with Crippen LogP contribution in [0.25, 0.3) is 34.2 Å². The molecular formula is C27H27NO4S. The minimum Gasteiger partial charge on any atom is -0.480 e. The normalized spacial score (nSPS) is 11.8. The average molecular weight is 462 g/mol. The molecule has 0 radical (unpaired) electrons. The van der Waals surface area contributed by atoms with E-state index in [-0.39, 0.29) is 6.54 Å². The molecule has 1 atom stereocenters. The Morgan fingerprint density at radius 1 is 0.939 bits per heavy atom. The lowest BCUT2D eigenvalue weighted by atomic mass is 10.0. The number of fused-ring (bicyclic) bond motifs is 1. The van der Waals surface area contributed by atoms with Crippen LogP contribution in [0.2, 0.25) is 0 Å². The second kappa shape index (κ2) is 11.9. The minimum absolute atomic E-state index is 0.350. The molecule has 3 aromatic carbocycles. The van der Waals surface area contributed by atoms with Crippen molar-refractivity contribution in [3.05, 3.63) is 90.2 Å². The van der Waals surface area contributed by atoms with Crippen molar-refractivity contribution in [1.82, 2.24) is 4.72 Å². The van der Waals surface area contributed by atoms with Crippen molar-refractivity contribution in [3.63, 3.8) is 0 Å². The molecule has 6 heteroatoms. The zero-order chi connectivity index (χ0) is 23.6. The van der Waals surface area contributed by atoms with E-state index >= 15 is 0 Å². The molecule has 33 heavy (non-hydrogen) atoms. The third kappa shape index (κ3) is 7.00. The number of hydrogen-bond donors (Lipinski definition) is 2. The Morgan fingerprint density at radius 2 is 1.55 bits per heavy atom. The second-order valence-corrected chi connectivity index (χ2v) is 8.65. The Bertz CT molecular complexity index is 1210. The van der Waals surface area contributed by atoms with Crippen molar-refractivity contribution >= 4 is 40.1 Å². The molecular weight excluding hydrogens is 434 g/mol. The molecule has 4 rings (SSSR count). The lowest BCUT2D eigenvalue weighted by Gasteiger charge is -2.05. The Hall–Kier alpha value is -3.48. The molecule has 1 unspecified atom stereocenters. The molecule has 170 valence electrons. The summed E-state index contributed by atoms with van der Waals surface area (Å²) >= 11 is 0. The number of carboxylic acid groups (broad SMARTS) is 1. The van der Waals surface area contributed by atoms with E-state index in [1.54, 1.807) is 12.1 Å². The van der Waals surface area contributed by atoms with E-state index in [4.69, 9.17) is 9.52 Å². The highest BCUT2D eigenvalue weighted by Crippen LogP contribution is 2.23. The molecule has 0 spiro atoms. The SMILES string of the molecule is CCC.O=C(O)CNS(=O)c1ccc(-c2ccc(/C=C/c3cc4ccccc4o3)cc2)cc1. The fourth-order valence-electron chi connectivity index (χ4n) is 3.03. The number of furan rings is 1. The van der Waals surface area contributed by atoms with E-state index in [0.29, 0.717) is 4.90 Å². The maximum Gasteiger partial charge on any atom is 0.318 e. The Morgan fingerprint density at radius 3 is 2.15 bits per heavy atom. The number of hydrogen-bond acceptors (Lipinski definition) is 3. The van der Waals surface area contributed by atoms with E-state index in [0.717, 1.165) is 33.4 Å². The van der Waals surface area contributed by atoms with Crippen molar-refractivity contribution in [2.24, 2.45) is 0 Å². The summed E-state index contributed by atoms with van der Waals surface area (Å²) in [4.78, 5) is 11.1. The fraction of sp³-hybridized carbons (Fsp3) is 0.148. The van der Waals surface area contributed by atoms with E-state index in [2.05, 4.69) is 18.6 Å². The van der Waals surface area contributed by atoms with Crippen LogP contribution in [-0.4, -0.2) is 21.8 Å². The summed E-state index contributed by atoms with van der Waals surface area (Å²) < 4.78 is 20.3. The van der Waals surface area contributed by atoms with Gasteiger partial charge in [0.25, 0.3) is 0 Å². The third-order valence-electron chi connectivity index (χ3n) is 4.55. The van der Waals surface area contributed by atoms with E-state index in [9.17, 15) is 9.00 Å². The van der Waals surface area contributed by atoms with Gasteiger partial charge in [-0.25, -0.2) is 8.93 Å². The lowest BCUT2D eigenvalue weighted by Crippen LogP contribution is -2.24. The highest BCUT2D eigenvalue weighted by molar-refractivity contribution is 7.83. The topological polar surface area (TPSA) is 79.5 Å². The van der Waals surface area contributed by atoms with Crippen LogP contribution >= 0.6 is 0 Å². The largest absolute Gasteiger partial charge is 0.480 e. The van der Waals surface area contributed by atoms with E-state index in [1.807, 2.05) is 78.9 Å². The van der Waals surface area contributed by atoms with Crippen LogP contribution in [0.15, 0.2) is 88.2 Å². The molecule has 0 aliphatic heterocycles.